The van der Waals surface area contributed by atoms with Gasteiger partial charge in [0.25, 0.3) is 0 Å². The molecule has 0 spiro atoms. The Bertz CT molecular complexity index is 368. The Morgan fingerprint density at radius 3 is 2.59 bits per heavy atom. The summed E-state index contributed by atoms with van der Waals surface area (Å²) in [6.45, 7) is 2.78. The van der Waals surface area contributed by atoms with Crippen LogP contribution in [0.5, 0.6) is 0 Å². The highest BCUT2D eigenvalue weighted by atomic mass is 19.4. The van der Waals surface area contributed by atoms with Crippen LogP contribution in [0.15, 0.2) is 18.3 Å². The molecule has 1 heterocycles. The first-order valence-electron chi connectivity index (χ1n) is 5.73. The molecule has 2 rings (SSSR count). The molecule has 0 radical (unpaired) electrons. The van der Waals surface area contributed by atoms with Crippen molar-refractivity contribution in [1.29, 1.82) is 0 Å². The average Bonchev–Trinajstić information content (AvgIpc) is 3.09. The van der Waals surface area contributed by atoms with E-state index in [1.54, 1.807) is 0 Å². The predicted octanol–water partition coefficient (Wildman–Crippen LogP) is 2.96. The Hall–Kier alpha value is -1.10. The lowest BCUT2D eigenvalue weighted by atomic mass is 10.0. The fourth-order valence-corrected chi connectivity index (χ4v) is 1.61. The Morgan fingerprint density at radius 1 is 1.41 bits per heavy atom. The monoisotopic (exact) mass is 244 g/mol. The third kappa shape index (κ3) is 3.43. The molecule has 1 saturated carbocycles. The van der Waals surface area contributed by atoms with Gasteiger partial charge in [-0.15, -0.1) is 0 Å². The fraction of sp³-hybridized carbons (Fsp3) is 0.583. The van der Waals surface area contributed by atoms with Gasteiger partial charge in [-0.3, -0.25) is 4.98 Å². The molecule has 1 aliphatic rings. The van der Waals surface area contributed by atoms with E-state index in [2.05, 4.69) is 10.3 Å². The highest BCUT2D eigenvalue weighted by Gasteiger charge is 2.32. The molecule has 2 nitrogen and oxygen atoms in total. The highest BCUT2D eigenvalue weighted by molar-refractivity contribution is 5.19. The van der Waals surface area contributed by atoms with Gasteiger partial charge in [-0.2, -0.15) is 13.2 Å². The minimum atomic E-state index is -4.35. The Labute approximate surface area is 98.2 Å². The maximum absolute atomic E-state index is 12.3. The lowest BCUT2D eigenvalue weighted by molar-refractivity contribution is -0.141. The molecule has 0 bridgehead atoms. The highest BCUT2D eigenvalue weighted by Crippen LogP contribution is 2.28. The van der Waals surface area contributed by atoms with Gasteiger partial charge >= 0.3 is 6.18 Å². The summed E-state index contributed by atoms with van der Waals surface area (Å²) in [5, 5.41) is 3.35. The van der Waals surface area contributed by atoms with Crippen LogP contribution in [-0.2, 0) is 6.18 Å². The minimum absolute atomic E-state index is 0.186. The lowest BCUT2D eigenvalue weighted by Gasteiger charge is -2.13. The molecule has 1 aliphatic carbocycles. The summed E-state index contributed by atoms with van der Waals surface area (Å²) in [6, 6.07) is 3.16. The molecule has 1 aromatic heterocycles. The third-order valence-corrected chi connectivity index (χ3v) is 2.94. The second-order valence-electron chi connectivity index (χ2n) is 4.56. The number of nitrogens with zero attached hydrogens (tertiary/aromatic N) is 1. The van der Waals surface area contributed by atoms with Gasteiger partial charge < -0.3 is 5.32 Å². The number of alkyl halides is 3. The lowest BCUT2D eigenvalue weighted by Crippen LogP contribution is -2.22. The summed E-state index contributed by atoms with van der Waals surface area (Å²) >= 11 is 0. The van der Waals surface area contributed by atoms with Crippen molar-refractivity contribution >= 4 is 0 Å². The molecule has 1 fully saturated rings. The van der Waals surface area contributed by atoms with Crippen LogP contribution in [-0.4, -0.2) is 17.6 Å². The number of rotatable bonds is 4. The van der Waals surface area contributed by atoms with Gasteiger partial charge in [0.2, 0.25) is 0 Å². The number of hydrogen-bond acceptors (Lipinski definition) is 2. The molecular weight excluding hydrogens is 229 g/mol. The SMILES string of the molecule is CC(CNC1CC1)c1ccc(C(F)(F)F)nc1. The number of nitrogens with one attached hydrogen (secondary N) is 1. The van der Waals surface area contributed by atoms with Crippen LogP contribution in [0, 0.1) is 0 Å². The fourth-order valence-electron chi connectivity index (χ4n) is 1.61. The van der Waals surface area contributed by atoms with Gasteiger partial charge in [-0.25, -0.2) is 0 Å². The third-order valence-electron chi connectivity index (χ3n) is 2.94. The molecule has 17 heavy (non-hydrogen) atoms. The van der Waals surface area contributed by atoms with Crippen LogP contribution < -0.4 is 5.32 Å². The van der Waals surface area contributed by atoms with E-state index in [1.165, 1.54) is 25.1 Å². The van der Waals surface area contributed by atoms with Crippen molar-refractivity contribution in [3.63, 3.8) is 0 Å². The normalized spacial score (nSPS) is 18.1. The molecule has 0 amide bonds. The molecule has 1 atom stereocenters. The van der Waals surface area contributed by atoms with Crippen molar-refractivity contribution < 1.29 is 13.2 Å². The van der Waals surface area contributed by atoms with E-state index < -0.39 is 11.9 Å². The van der Waals surface area contributed by atoms with Crippen molar-refractivity contribution in [3.8, 4) is 0 Å². The van der Waals surface area contributed by atoms with E-state index in [-0.39, 0.29) is 5.92 Å². The van der Waals surface area contributed by atoms with Gasteiger partial charge in [0.1, 0.15) is 5.69 Å². The summed E-state index contributed by atoms with van der Waals surface area (Å²) in [7, 11) is 0. The second-order valence-corrected chi connectivity index (χ2v) is 4.56. The molecule has 1 unspecified atom stereocenters. The summed E-state index contributed by atoms with van der Waals surface area (Å²) < 4.78 is 36.9. The number of pyridine rings is 1. The van der Waals surface area contributed by atoms with Crippen LogP contribution in [0.1, 0.15) is 36.9 Å². The van der Waals surface area contributed by atoms with Gasteiger partial charge in [0.15, 0.2) is 0 Å². The first-order chi connectivity index (χ1) is 7.97. The number of hydrogen-bond donors (Lipinski definition) is 1. The van der Waals surface area contributed by atoms with Gasteiger partial charge in [-0.1, -0.05) is 13.0 Å². The summed E-state index contributed by atoms with van der Waals surface area (Å²) in [5.41, 5.74) is 0.00903. The van der Waals surface area contributed by atoms with Crippen molar-refractivity contribution in [2.24, 2.45) is 0 Å². The molecule has 5 heteroatoms. The molecule has 0 saturated heterocycles. The summed E-state index contributed by atoms with van der Waals surface area (Å²) in [5.74, 6) is 0.186. The molecule has 94 valence electrons. The van der Waals surface area contributed by atoms with Gasteiger partial charge in [0, 0.05) is 18.8 Å². The second kappa shape index (κ2) is 4.64. The van der Waals surface area contributed by atoms with E-state index >= 15 is 0 Å². The van der Waals surface area contributed by atoms with Crippen molar-refractivity contribution in [1.82, 2.24) is 10.3 Å². The van der Waals surface area contributed by atoms with Crippen molar-refractivity contribution in [2.45, 2.75) is 37.9 Å². The van der Waals surface area contributed by atoms with Crippen LogP contribution in [0.4, 0.5) is 13.2 Å². The maximum atomic E-state index is 12.3. The predicted molar refractivity (Wildman–Crippen MR) is 58.7 cm³/mol. The molecule has 0 aliphatic heterocycles. The Morgan fingerprint density at radius 2 is 2.12 bits per heavy atom. The molecule has 1 N–H and O–H groups in total. The summed E-state index contributed by atoms with van der Waals surface area (Å²) in [4.78, 5) is 3.46. The van der Waals surface area contributed by atoms with E-state index in [0.717, 1.165) is 18.2 Å². The minimum Gasteiger partial charge on any atom is -0.313 e. The smallest absolute Gasteiger partial charge is 0.313 e. The Kier molecular flexibility index (Phi) is 3.38. The number of halogens is 3. The van der Waals surface area contributed by atoms with Crippen LogP contribution in [0.25, 0.3) is 0 Å². The van der Waals surface area contributed by atoms with Crippen LogP contribution in [0.2, 0.25) is 0 Å². The van der Waals surface area contributed by atoms with Gasteiger partial charge in [-0.05, 0) is 30.4 Å². The van der Waals surface area contributed by atoms with E-state index in [4.69, 9.17) is 0 Å². The standard InChI is InChI=1S/C12H15F3N2/c1-8(6-16-10-3-4-10)9-2-5-11(17-7-9)12(13,14)15/h2,5,7-8,10,16H,3-4,6H2,1H3. The van der Waals surface area contributed by atoms with Crippen molar-refractivity contribution in [3.05, 3.63) is 29.6 Å². The zero-order chi connectivity index (χ0) is 12.5. The molecular formula is C12H15F3N2. The largest absolute Gasteiger partial charge is 0.433 e. The van der Waals surface area contributed by atoms with E-state index in [1.807, 2.05) is 6.92 Å². The van der Waals surface area contributed by atoms with E-state index in [9.17, 15) is 13.2 Å². The molecule has 1 aromatic rings. The Balaban J connectivity index is 1.96. The zero-order valence-electron chi connectivity index (χ0n) is 9.59. The molecule has 0 aromatic carbocycles. The summed E-state index contributed by atoms with van der Waals surface area (Å²) in [6.07, 6.45) is -0.619. The maximum Gasteiger partial charge on any atom is 0.433 e. The van der Waals surface area contributed by atoms with Crippen LogP contribution >= 0.6 is 0 Å². The zero-order valence-corrected chi connectivity index (χ0v) is 9.59. The van der Waals surface area contributed by atoms with Gasteiger partial charge in [0.05, 0.1) is 0 Å². The first kappa shape index (κ1) is 12.4. The van der Waals surface area contributed by atoms with E-state index in [0.29, 0.717) is 6.04 Å². The average molecular weight is 244 g/mol. The number of aromatic nitrogens is 1. The van der Waals surface area contributed by atoms with Crippen LogP contribution in [0.3, 0.4) is 0 Å². The topological polar surface area (TPSA) is 24.9 Å². The first-order valence-corrected chi connectivity index (χ1v) is 5.73. The van der Waals surface area contributed by atoms with Crippen molar-refractivity contribution in [2.75, 3.05) is 6.54 Å². The quantitative estimate of drug-likeness (QED) is 0.880.